The molecule has 136 valence electrons. The molecular weight excluding hydrogens is 346 g/mol. The maximum atomic E-state index is 12.4. The summed E-state index contributed by atoms with van der Waals surface area (Å²) in [6.45, 7) is 3.43. The Morgan fingerprint density at radius 1 is 1.19 bits per heavy atom. The van der Waals surface area contributed by atoms with Gasteiger partial charge in [0.1, 0.15) is 11.3 Å². The van der Waals surface area contributed by atoms with Crippen molar-refractivity contribution in [1.82, 2.24) is 24.6 Å². The van der Waals surface area contributed by atoms with Crippen LogP contribution in [0.4, 0.5) is 5.69 Å². The van der Waals surface area contributed by atoms with Crippen LogP contribution in [-0.2, 0) is 0 Å². The van der Waals surface area contributed by atoms with Crippen LogP contribution in [-0.4, -0.2) is 57.9 Å². The number of amides is 2. The molecule has 9 heteroatoms. The van der Waals surface area contributed by atoms with Crippen molar-refractivity contribution in [3.63, 3.8) is 0 Å². The van der Waals surface area contributed by atoms with Crippen molar-refractivity contribution in [3.8, 4) is 0 Å². The topological polar surface area (TPSA) is 104 Å². The predicted molar refractivity (Wildman–Crippen MR) is 102 cm³/mol. The number of carbonyl (C=O) groups is 2. The average Bonchev–Trinajstić information content (AvgIpc) is 3.14. The molecule has 0 fully saturated rings. The maximum Gasteiger partial charge on any atom is 0.271 e. The number of imidazole rings is 1. The zero-order chi connectivity index (χ0) is 19.4. The summed E-state index contributed by atoms with van der Waals surface area (Å²) in [6.07, 6.45) is 6.54. The van der Waals surface area contributed by atoms with Crippen molar-refractivity contribution in [1.29, 1.82) is 0 Å². The Bertz CT molecular complexity index is 1040. The van der Waals surface area contributed by atoms with Gasteiger partial charge in [-0.15, -0.1) is 0 Å². The van der Waals surface area contributed by atoms with E-state index in [4.69, 9.17) is 0 Å². The molecule has 0 atom stereocenters. The van der Waals surface area contributed by atoms with Crippen LogP contribution in [0.5, 0.6) is 0 Å². The molecule has 0 aliphatic carbocycles. The Morgan fingerprint density at radius 3 is 2.67 bits per heavy atom. The highest BCUT2D eigenvalue weighted by molar-refractivity contribution is 6.07. The number of carbonyl (C=O) groups excluding carboxylic acids is 2. The van der Waals surface area contributed by atoms with Gasteiger partial charge >= 0.3 is 0 Å². The van der Waals surface area contributed by atoms with Crippen molar-refractivity contribution in [3.05, 3.63) is 60.3 Å². The monoisotopic (exact) mass is 363 g/mol. The van der Waals surface area contributed by atoms with E-state index in [0.717, 1.165) is 5.65 Å². The first kappa shape index (κ1) is 17.9. The summed E-state index contributed by atoms with van der Waals surface area (Å²) in [4.78, 5) is 41.8. The van der Waals surface area contributed by atoms with Gasteiger partial charge < -0.3 is 9.30 Å². The highest BCUT2D eigenvalue weighted by atomic mass is 16.2. The van der Waals surface area contributed by atoms with E-state index in [9.17, 15) is 9.59 Å². The van der Waals surface area contributed by atoms with Crippen LogP contribution in [0, 0.1) is 0 Å². The van der Waals surface area contributed by atoms with Gasteiger partial charge in [0.25, 0.3) is 11.8 Å². The van der Waals surface area contributed by atoms with Gasteiger partial charge in [0.15, 0.2) is 0 Å². The minimum Gasteiger partial charge on any atom is -0.343 e. The fraction of sp³-hybridized carbons (Fsp3) is 0.111. The molecular formula is C18H17N7O2. The maximum absolute atomic E-state index is 12.4. The third-order valence-electron chi connectivity index (χ3n) is 3.63. The zero-order valence-electron chi connectivity index (χ0n) is 14.8. The number of rotatable bonds is 3. The number of pyridine rings is 2. The summed E-state index contributed by atoms with van der Waals surface area (Å²) in [7, 11) is 3.26. The second-order valence-corrected chi connectivity index (χ2v) is 5.76. The fourth-order valence-corrected chi connectivity index (χ4v) is 2.26. The predicted octanol–water partition coefficient (Wildman–Crippen LogP) is 1.55. The molecule has 3 aromatic heterocycles. The number of nitrogens with one attached hydrogen (secondary N) is 1. The third kappa shape index (κ3) is 4.03. The van der Waals surface area contributed by atoms with Crippen LogP contribution in [0.25, 0.3) is 5.65 Å². The van der Waals surface area contributed by atoms with Crippen LogP contribution in [0.3, 0.4) is 0 Å². The summed E-state index contributed by atoms with van der Waals surface area (Å²) in [5.74, 6) is -0.652. The lowest BCUT2D eigenvalue weighted by Gasteiger charge is -2.09. The molecule has 3 aromatic rings. The molecule has 0 unspecified atom stereocenters. The summed E-state index contributed by atoms with van der Waals surface area (Å²) in [6, 6.07) is 6.55. The summed E-state index contributed by atoms with van der Waals surface area (Å²) in [5, 5.41) is 2.57. The molecule has 0 saturated carbocycles. The molecule has 0 aliphatic heterocycles. The van der Waals surface area contributed by atoms with Gasteiger partial charge in [-0.3, -0.25) is 19.9 Å². The van der Waals surface area contributed by atoms with Gasteiger partial charge in [-0.05, 0) is 31.0 Å². The first-order valence-corrected chi connectivity index (χ1v) is 7.95. The number of hydrogen-bond acceptors (Lipinski definition) is 5. The van der Waals surface area contributed by atoms with E-state index >= 15 is 0 Å². The van der Waals surface area contributed by atoms with Crippen molar-refractivity contribution in [2.75, 3.05) is 14.1 Å². The van der Waals surface area contributed by atoms with Gasteiger partial charge in [-0.1, -0.05) is 0 Å². The Kier molecular flexibility index (Phi) is 5.02. The van der Waals surface area contributed by atoms with E-state index in [2.05, 4.69) is 32.0 Å². The van der Waals surface area contributed by atoms with Gasteiger partial charge in [-0.25, -0.2) is 15.0 Å². The van der Waals surface area contributed by atoms with E-state index in [1.54, 1.807) is 49.2 Å². The minimum absolute atomic E-state index is 0.0490. The van der Waals surface area contributed by atoms with Crippen LogP contribution in [0.15, 0.2) is 59.0 Å². The molecule has 0 aliphatic rings. The average molecular weight is 363 g/mol. The molecule has 0 saturated heterocycles. The number of fused-ring (bicyclic) bond motifs is 1. The molecule has 3 heterocycles. The van der Waals surface area contributed by atoms with Crippen molar-refractivity contribution in [2.24, 2.45) is 9.98 Å². The van der Waals surface area contributed by atoms with E-state index in [0.29, 0.717) is 5.69 Å². The number of nitrogens with zero attached hydrogens (tertiary/aromatic N) is 6. The Labute approximate surface area is 155 Å². The van der Waals surface area contributed by atoms with Crippen LogP contribution < -0.4 is 5.32 Å². The quantitative estimate of drug-likeness (QED) is 0.563. The first-order valence-electron chi connectivity index (χ1n) is 7.95. The molecule has 1 N–H and O–H groups in total. The molecule has 0 bridgehead atoms. The van der Waals surface area contributed by atoms with Gasteiger partial charge in [0.2, 0.25) is 5.96 Å². The second kappa shape index (κ2) is 7.56. The fourth-order valence-electron chi connectivity index (χ4n) is 2.26. The lowest BCUT2D eigenvalue weighted by Crippen LogP contribution is -2.29. The largest absolute Gasteiger partial charge is 0.343 e. The highest BCUT2D eigenvalue weighted by Gasteiger charge is 2.13. The Hall–Kier alpha value is -3.88. The Morgan fingerprint density at radius 2 is 2.00 bits per heavy atom. The summed E-state index contributed by atoms with van der Waals surface area (Å²) >= 11 is 0. The SMILES string of the molecule is C=NC(=Nc1ccc2nccn2c1)NC(=O)c1ccc(C(=O)N(C)C)nc1. The molecule has 0 radical (unpaired) electrons. The number of guanidine groups is 1. The van der Waals surface area contributed by atoms with Crippen LogP contribution in [0.1, 0.15) is 20.8 Å². The van der Waals surface area contributed by atoms with E-state index in [1.165, 1.54) is 23.2 Å². The standard InChI is InChI=1S/C18H17N7O2/c1-19-18(22-13-5-7-15-20-8-9-25(15)11-13)23-16(26)12-4-6-14(21-10-12)17(27)24(2)3/h4-11H,1H2,2-3H3,(H,22,23,26). The van der Waals surface area contributed by atoms with Crippen molar-refractivity contribution >= 4 is 35.8 Å². The minimum atomic E-state index is -0.457. The highest BCUT2D eigenvalue weighted by Crippen LogP contribution is 2.13. The van der Waals surface area contributed by atoms with Crippen molar-refractivity contribution in [2.45, 2.75) is 0 Å². The molecule has 0 spiro atoms. The molecule has 27 heavy (non-hydrogen) atoms. The first-order chi connectivity index (χ1) is 13.0. The number of aliphatic imine (C=N–C) groups is 2. The zero-order valence-corrected chi connectivity index (χ0v) is 14.8. The van der Waals surface area contributed by atoms with Gasteiger partial charge in [0.05, 0.1) is 11.3 Å². The van der Waals surface area contributed by atoms with Gasteiger partial charge in [-0.2, -0.15) is 0 Å². The normalized spacial score (nSPS) is 11.3. The molecule has 0 aromatic carbocycles. The number of hydrogen-bond donors (Lipinski definition) is 1. The smallest absolute Gasteiger partial charge is 0.271 e. The van der Waals surface area contributed by atoms with Crippen molar-refractivity contribution < 1.29 is 9.59 Å². The second-order valence-electron chi connectivity index (χ2n) is 5.76. The van der Waals surface area contributed by atoms with Gasteiger partial charge in [0, 0.05) is 38.9 Å². The van der Waals surface area contributed by atoms with Crippen LogP contribution >= 0.6 is 0 Å². The number of aromatic nitrogens is 3. The van der Waals surface area contributed by atoms with Crippen LogP contribution in [0.2, 0.25) is 0 Å². The third-order valence-corrected chi connectivity index (χ3v) is 3.63. The van der Waals surface area contributed by atoms with E-state index in [-0.39, 0.29) is 23.1 Å². The lowest BCUT2D eigenvalue weighted by atomic mass is 10.2. The van der Waals surface area contributed by atoms with E-state index in [1.807, 2.05) is 0 Å². The lowest BCUT2D eigenvalue weighted by molar-refractivity contribution is 0.0821. The van der Waals surface area contributed by atoms with E-state index < -0.39 is 5.91 Å². The molecule has 2 amide bonds. The molecule has 9 nitrogen and oxygen atoms in total. The Balaban J connectivity index is 1.76. The summed E-state index contributed by atoms with van der Waals surface area (Å²) < 4.78 is 1.80. The molecule has 3 rings (SSSR count). The summed E-state index contributed by atoms with van der Waals surface area (Å²) in [5.41, 5.74) is 1.88.